The van der Waals surface area contributed by atoms with Crippen LogP contribution in [-0.4, -0.2) is 255 Å². The summed E-state index contributed by atoms with van der Waals surface area (Å²) in [5.74, 6) is -9.06. The number of benzene rings is 3. The molecule has 3 aromatic carbocycles. The standard InChI is InChI=1S/C31H37F2N5O7.C26H29F2N5O5.C17H23N5O5.C14H16F2O3/c1-29(2,3)45-28(41)38-22-10-11-24(35-21(22)16-34-38)36-26(39)25-23(44-18-42-4)17-37(25)27(40)30(12-14-31(32,33)15-13-30)19-6-8-20(43-5)9-7-19;1-36-15-38-20-14-33(22(20)23(34)31-21-8-7-18-19(30-21)13-29-32-18)24(35)25(9-11-26(27,28)12-10-25)16-3-5-17(37-2)6-4-16;1-17(2,3)27-16(24)22-11-5-6-13(20-10(11)7-19-22)21-15(23)14-12(8-18-14)26-9-25-4;1-19-11-4-2-10(3-5-11)13(12(17)18)6-8-14(15,16)9-7-13/h6-11,16,23,25H,12-15,17-18H2,1-5H3,(H,35,36,39);3-8,13,20,22H,9-12,14-15H2,1-2H3,(H,29,32)(H,30,31,34);5-7,12,14,18H,8-9H2,1-4H3,(H,20,21,23);2-5H,6-9H2,1H3,(H,17,18)/t23-,25-;20-,22-;12-,14-;/m111./s1. The molecule has 6 aromatic heterocycles. The van der Waals surface area contributed by atoms with Gasteiger partial charge in [0.25, 0.3) is 11.8 Å². The van der Waals surface area contributed by atoms with Crippen molar-refractivity contribution in [2.45, 2.75) is 200 Å². The van der Waals surface area contributed by atoms with E-state index in [2.05, 4.69) is 56.6 Å². The number of anilines is 3. The van der Waals surface area contributed by atoms with Crippen molar-refractivity contribution in [3.8, 4) is 17.2 Å². The van der Waals surface area contributed by atoms with Crippen LogP contribution < -0.4 is 35.5 Å². The minimum atomic E-state index is -2.88. The van der Waals surface area contributed by atoms with E-state index in [0.717, 1.165) is 9.36 Å². The molecule has 35 nitrogen and oxygen atoms in total. The molecule has 6 atom stereocenters. The number of hydrogen-bond donors (Lipinski definition) is 6. The minimum Gasteiger partial charge on any atom is -0.497 e. The van der Waals surface area contributed by atoms with Crippen LogP contribution >= 0.6 is 0 Å². The van der Waals surface area contributed by atoms with E-state index in [9.17, 15) is 69.8 Å². The summed E-state index contributed by atoms with van der Waals surface area (Å²) >= 11 is 0. The Morgan fingerprint density at radius 1 is 0.434 bits per heavy atom. The van der Waals surface area contributed by atoms with E-state index in [1.54, 1.807) is 145 Å². The Hall–Kier alpha value is -12.0. The zero-order valence-electron chi connectivity index (χ0n) is 73.3. The Morgan fingerprint density at radius 3 is 1.12 bits per heavy atom. The molecule has 694 valence electrons. The summed E-state index contributed by atoms with van der Waals surface area (Å²) in [4.78, 5) is 120. The number of carboxylic acids is 1. The summed E-state index contributed by atoms with van der Waals surface area (Å²) in [5, 5.41) is 35.5. The number of nitrogens with zero attached hydrogens (tertiary/aromatic N) is 10. The Morgan fingerprint density at radius 2 is 0.775 bits per heavy atom. The molecule has 3 saturated carbocycles. The molecule has 6 aliphatic rings. The number of methoxy groups -OCH3 is 6. The van der Waals surface area contributed by atoms with Crippen LogP contribution in [0.4, 0.5) is 53.4 Å². The molecule has 6 fully saturated rings. The van der Waals surface area contributed by atoms with Gasteiger partial charge in [0.2, 0.25) is 35.5 Å². The molecule has 3 aliphatic heterocycles. The molecule has 0 unspecified atom stereocenters. The third-order valence-electron chi connectivity index (χ3n) is 23.3. The number of fused-ring (bicyclic) bond motifs is 3. The minimum absolute atomic E-state index is 0.0400. The van der Waals surface area contributed by atoms with E-state index in [1.165, 1.54) is 77.1 Å². The SMILES string of the molecule is COCO[C@@H]1CN(C(=O)C2(c3ccc(OC)cc3)CCC(F)(F)CC2)[C@H]1C(=O)Nc1ccc2[nH]ncc2n1.COCO[C@@H]1CN(C(=O)C2(c3ccc(OC)cc3)CCC(F)(F)CC2)[C@H]1C(=O)Nc1ccc2c(cnn2C(=O)OC(C)(C)C)n1.COCO[C@@H]1CN[C@H]1C(=O)Nc1ccc2c(cnn2C(=O)OC(C)(C)C)n1.COc1ccc(C2(C(=O)O)CCC(F)(F)CC2)cc1. The van der Waals surface area contributed by atoms with Gasteiger partial charge in [0, 0.05) is 66.4 Å². The number of rotatable bonds is 24. The third kappa shape index (κ3) is 22.3. The van der Waals surface area contributed by atoms with Crippen LogP contribution in [0.2, 0.25) is 0 Å². The second kappa shape index (κ2) is 39.9. The van der Waals surface area contributed by atoms with Crippen molar-refractivity contribution in [3.05, 3.63) is 144 Å². The quantitative estimate of drug-likeness (QED) is 0.0242. The van der Waals surface area contributed by atoms with Gasteiger partial charge >= 0.3 is 18.2 Å². The lowest BCUT2D eigenvalue weighted by Gasteiger charge is -2.51. The Bertz CT molecular complexity index is 5450. The summed E-state index contributed by atoms with van der Waals surface area (Å²) in [5.41, 5.74) is -0.319. The van der Waals surface area contributed by atoms with Crippen LogP contribution in [0.25, 0.3) is 33.1 Å². The number of H-pyrrole nitrogens is 1. The first-order valence-electron chi connectivity index (χ1n) is 41.6. The average Bonchev–Trinajstić information content (AvgIpc) is 1.71. The van der Waals surface area contributed by atoms with Gasteiger partial charge in [0.05, 0.1) is 91.9 Å². The fourth-order valence-corrected chi connectivity index (χ4v) is 16.1. The Balaban J connectivity index is 0.000000163. The number of aliphatic carboxylic acids is 1. The van der Waals surface area contributed by atoms with Crippen molar-refractivity contribution in [1.29, 1.82) is 0 Å². The molecular formula is C88H105F6N15O20. The first-order chi connectivity index (χ1) is 61.2. The Kier molecular flexibility index (Phi) is 29.7. The molecule has 0 radical (unpaired) electrons. The van der Waals surface area contributed by atoms with Gasteiger partial charge in [-0.25, -0.2) is 50.9 Å². The van der Waals surface area contributed by atoms with Gasteiger partial charge in [-0.05, 0) is 170 Å². The molecule has 41 heteroatoms. The number of aromatic nitrogens is 9. The monoisotopic (exact) mass is 1810 g/mol. The number of nitrogens with one attached hydrogen (secondary N) is 5. The van der Waals surface area contributed by atoms with Gasteiger partial charge in [-0.3, -0.25) is 33.9 Å². The molecule has 3 saturated heterocycles. The number of pyridine rings is 3. The van der Waals surface area contributed by atoms with E-state index in [4.69, 9.17) is 52.1 Å². The third-order valence-corrected chi connectivity index (χ3v) is 23.3. The topological polar surface area (TPSA) is 416 Å². The van der Waals surface area contributed by atoms with Crippen LogP contribution in [0.3, 0.4) is 0 Å². The van der Waals surface area contributed by atoms with Gasteiger partial charge in [-0.2, -0.15) is 24.7 Å². The Labute approximate surface area is 737 Å². The maximum Gasteiger partial charge on any atom is 0.435 e. The summed E-state index contributed by atoms with van der Waals surface area (Å²) in [6.07, 6.45) is -1.36. The van der Waals surface area contributed by atoms with Gasteiger partial charge in [0.1, 0.15) is 113 Å². The van der Waals surface area contributed by atoms with Crippen molar-refractivity contribution in [2.75, 3.05) is 98.6 Å². The number of ether oxygens (including phenoxy) is 11. The maximum atomic E-state index is 14.3. The number of aromatic amines is 1. The first-order valence-corrected chi connectivity index (χ1v) is 41.6. The van der Waals surface area contributed by atoms with Crippen molar-refractivity contribution < 1.29 is 122 Å². The highest BCUT2D eigenvalue weighted by Gasteiger charge is 2.59. The van der Waals surface area contributed by atoms with Crippen LogP contribution in [0.5, 0.6) is 17.2 Å². The normalized spacial score (nSPS) is 20.9. The lowest BCUT2D eigenvalue weighted by molar-refractivity contribution is -0.184. The number of hydrogen-bond acceptors (Lipinski definition) is 26. The number of halogens is 6. The van der Waals surface area contributed by atoms with Crippen LogP contribution in [-0.2, 0) is 82.9 Å². The number of alkyl halides is 6. The highest BCUT2D eigenvalue weighted by Crippen LogP contribution is 2.51. The van der Waals surface area contributed by atoms with E-state index in [0.29, 0.717) is 79.4 Å². The van der Waals surface area contributed by atoms with Gasteiger partial charge < -0.3 is 88.3 Å². The van der Waals surface area contributed by atoms with Crippen LogP contribution in [0.1, 0.15) is 135 Å². The predicted molar refractivity (Wildman–Crippen MR) is 453 cm³/mol. The molecule has 15 rings (SSSR count). The molecule has 129 heavy (non-hydrogen) atoms. The van der Waals surface area contributed by atoms with Crippen molar-refractivity contribution in [1.82, 2.24) is 59.8 Å². The molecule has 6 N–H and O–H groups in total. The van der Waals surface area contributed by atoms with Crippen molar-refractivity contribution in [3.63, 3.8) is 0 Å². The van der Waals surface area contributed by atoms with Gasteiger partial charge in [0.15, 0.2) is 0 Å². The summed E-state index contributed by atoms with van der Waals surface area (Å²) in [7, 11) is 8.98. The van der Waals surface area contributed by atoms with E-state index >= 15 is 0 Å². The second-order valence-corrected chi connectivity index (χ2v) is 34.1. The largest absolute Gasteiger partial charge is 0.497 e. The zero-order valence-corrected chi connectivity index (χ0v) is 73.3. The summed E-state index contributed by atoms with van der Waals surface area (Å²) < 4.78 is 144. The number of carbonyl (C=O) groups is 8. The molecule has 0 spiro atoms. The maximum absolute atomic E-state index is 14.3. The lowest BCUT2D eigenvalue weighted by atomic mass is 9.66. The molecule has 3 aliphatic carbocycles. The van der Waals surface area contributed by atoms with Gasteiger partial charge in [-0.1, -0.05) is 36.4 Å². The number of likely N-dealkylation sites (tertiary alicyclic amines) is 2. The molecule has 9 aromatic rings. The second-order valence-electron chi connectivity index (χ2n) is 34.1. The fraction of sp³-hybridized carbons (Fsp3) is 0.500. The summed E-state index contributed by atoms with van der Waals surface area (Å²) in [6.45, 7) is 11.3. The van der Waals surface area contributed by atoms with Crippen molar-refractivity contribution >= 4 is 98.2 Å². The first kappa shape index (κ1) is 96.1. The number of carbonyl (C=O) groups excluding carboxylic acids is 7. The lowest BCUT2D eigenvalue weighted by Crippen LogP contribution is -2.70. The predicted octanol–water partition coefficient (Wildman–Crippen LogP) is 12.1. The zero-order chi connectivity index (χ0) is 93.2. The molecular weight excluding hydrogens is 1700 g/mol. The summed E-state index contributed by atoms with van der Waals surface area (Å²) in [6, 6.07) is 27.4. The fourth-order valence-electron chi connectivity index (χ4n) is 16.1. The average molecular weight is 1810 g/mol. The van der Waals surface area contributed by atoms with Gasteiger partial charge in [-0.15, -0.1) is 0 Å². The van der Waals surface area contributed by atoms with E-state index < -0.39 is 137 Å². The van der Waals surface area contributed by atoms with E-state index in [1.807, 2.05) is 0 Å². The number of amides is 5. The highest BCUT2D eigenvalue weighted by atomic mass is 19.3. The van der Waals surface area contributed by atoms with Crippen LogP contribution in [0.15, 0.2) is 128 Å². The van der Waals surface area contributed by atoms with E-state index in [-0.39, 0.29) is 114 Å². The highest BCUT2D eigenvalue weighted by molar-refractivity contribution is 6.03. The molecule has 9 heterocycles. The smallest absolute Gasteiger partial charge is 0.435 e. The van der Waals surface area contributed by atoms with Crippen LogP contribution in [0, 0.1) is 0 Å². The number of carboxylic acid groups (broad SMARTS) is 1. The molecule has 0 bridgehead atoms. The molecule has 5 amide bonds. The van der Waals surface area contributed by atoms with Crippen molar-refractivity contribution in [2.24, 2.45) is 0 Å².